The Hall–Kier alpha value is -1.48. The van der Waals surface area contributed by atoms with Gasteiger partial charge in [-0.2, -0.15) is 0 Å². The SMILES string of the molecule is CCOC(=O)OC(C)OP(=O)(CCCCCCN)CC(=O)OC(=O)[C@@H]1CCCN1. The van der Waals surface area contributed by atoms with Crippen LogP contribution in [0.15, 0.2) is 0 Å². The second-order valence-electron chi connectivity index (χ2n) is 6.82. The maximum atomic E-state index is 13.2. The van der Waals surface area contributed by atoms with Gasteiger partial charge in [0.15, 0.2) is 0 Å². The van der Waals surface area contributed by atoms with Crippen LogP contribution in [0.25, 0.3) is 0 Å². The van der Waals surface area contributed by atoms with Gasteiger partial charge in [-0.05, 0) is 52.6 Å². The fourth-order valence-electron chi connectivity index (χ4n) is 2.90. The molecular weight excluding hydrogens is 403 g/mol. The highest BCUT2D eigenvalue weighted by Gasteiger charge is 2.33. The first-order valence-electron chi connectivity index (χ1n) is 10.1. The van der Waals surface area contributed by atoms with E-state index in [2.05, 4.69) is 10.1 Å². The average Bonchev–Trinajstić information content (AvgIpc) is 3.15. The molecule has 2 unspecified atom stereocenters. The Bertz CT molecular complexity index is 580. The molecule has 0 aromatic rings. The predicted molar refractivity (Wildman–Crippen MR) is 106 cm³/mol. The Balaban J connectivity index is 2.64. The number of esters is 2. The molecule has 0 radical (unpaired) electrons. The zero-order valence-corrected chi connectivity index (χ0v) is 18.1. The number of carbonyl (C=O) groups is 3. The Labute approximate surface area is 171 Å². The smallest absolute Gasteiger partial charge is 0.435 e. The number of nitrogens with one attached hydrogen (secondary N) is 1. The molecule has 0 bridgehead atoms. The molecule has 1 saturated heterocycles. The van der Waals surface area contributed by atoms with Crippen molar-refractivity contribution in [3.63, 3.8) is 0 Å². The number of unbranched alkanes of at least 4 members (excludes halogenated alkanes) is 3. The van der Waals surface area contributed by atoms with Gasteiger partial charge in [0.1, 0.15) is 12.2 Å². The first kappa shape index (κ1) is 25.6. The highest BCUT2D eigenvalue weighted by Crippen LogP contribution is 2.49. The Morgan fingerprint density at radius 2 is 1.93 bits per heavy atom. The van der Waals surface area contributed by atoms with Gasteiger partial charge in [-0.15, -0.1) is 0 Å². The van der Waals surface area contributed by atoms with Crippen LogP contribution in [0, 0.1) is 0 Å². The number of hydrogen-bond acceptors (Lipinski definition) is 10. The van der Waals surface area contributed by atoms with E-state index in [0.717, 1.165) is 25.7 Å². The molecule has 0 amide bonds. The maximum Gasteiger partial charge on any atom is 0.510 e. The molecule has 1 fully saturated rings. The minimum atomic E-state index is -3.55. The van der Waals surface area contributed by atoms with Crippen molar-refractivity contribution in [2.24, 2.45) is 5.73 Å². The van der Waals surface area contributed by atoms with E-state index in [4.69, 9.17) is 19.7 Å². The monoisotopic (exact) mass is 436 g/mol. The van der Waals surface area contributed by atoms with Crippen LogP contribution < -0.4 is 11.1 Å². The molecule has 0 aromatic carbocycles. The quantitative estimate of drug-likeness (QED) is 0.145. The van der Waals surface area contributed by atoms with Gasteiger partial charge in [0.05, 0.1) is 6.61 Å². The molecule has 11 heteroatoms. The molecule has 10 nitrogen and oxygen atoms in total. The summed E-state index contributed by atoms with van der Waals surface area (Å²) in [5.74, 6) is -1.60. The lowest BCUT2D eigenvalue weighted by atomic mass is 10.2. The van der Waals surface area contributed by atoms with Crippen LogP contribution in [0.4, 0.5) is 4.79 Å². The van der Waals surface area contributed by atoms with Crippen LogP contribution in [-0.4, -0.2) is 62.4 Å². The fraction of sp³-hybridized carbons (Fsp3) is 0.833. The second-order valence-corrected chi connectivity index (χ2v) is 9.42. The van der Waals surface area contributed by atoms with Crippen LogP contribution in [0.5, 0.6) is 0 Å². The van der Waals surface area contributed by atoms with E-state index in [9.17, 15) is 18.9 Å². The summed E-state index contributed by atoms with van der Waals surface area (Å²) >= 11 is 0. The normalized spacial score (nSPS) is 19.2. The Morgan fingerprint density at radius 3 is 2.55 bits per heavy atom. The zero-order valence-electron chi connectivity index (χ0n) is 17.2. The molecule has 0 spiro atoms. The molecule has 3 atom stereocenters. The van der Waals surface area contributed by atoms with Crippen molar-refractivity contribution in [2.75, 3.05) is 32.0 Å². The second kappa shape index (κ2) is 13.7. The van der Waals surface area contributed by atoms with E-state index in [-0.39, 0.29) is 12.8 Å². The molecule has 168 valence electrons. The Morgan fingerprint density at radius 1 is 1.21 bits per heavy atom. The maximum absolute atomic E-state index is 13.2. The predicted octanol–water partition coefficient (Wildman–Crippen LogP) is 2.14. The van der Waals surface area contributed by atoms with Crippen LogP contribution in [0.3, 0.4) is 0 Å². The lowest BCUT2D eigenvalue weighted by molar-refractivity contribution is -0.159. The highest BCUT2D eigenvalue weighted by molar-refractivity contribution is 7.59. The third-order valence-electron chi connectivity index (χ3n) is 4.25. The van der Waals surface area contributed by atoms with E-state index in [1.807, 2.05) is 0 Å². The number of hydrogen-bond donors (Lipinski definition) is 2. The minimum absolute atomic E-state index is 0.0963. The van der Waals surface area contributed by atoms with E-state index >= 15 is 0 Å². The molecule has 1 rings (SSSR count). The third-order valence-corrected chi connectivity index (χ3v) is 6.67. The van der Waals surface area contributed by atoms with Crippen molar-refractivity contribution in [2.45, 2.75) is 64.7 Å². The molecule has 0 aliphatic carbocycles. The van der Waals surface area contributed by atoms with Crippen LogP contribution in [0.2, 0.25) is 0 Å². The van der Waals surface area contributed by atoms with Crippen molar-refractivity contribution < 1.29 is 37.7 Å². The first-order valence-corrected chi connectivity index (χ1v) is 12.1. The van der Waals surface area contributed by atoms with Crippen LogP contribution >= 0.6 is 7.37 Å². The van der Waals surface area contributed by atoms with Gasteiger partial charge in [0, 0.05) is 6.16 Å². The molecule has 3 N–H and O–H groups in total. The van der Waals surface area contributed by atoms with Gasteiger partial charge in [0.2, 0.25) is 13.7 Å². The minimum Gasteiger partial charge on any atom is -0.435 e. The molecule has 1 aliphatic rings. The molecule has 0 aromatic heterocycles. The van der Waals surface area contributed by atoms with Crippen LogP contribution in [-0.2, 0) is 32.9 Å². The van der Waals surface area contributed by atoms with E-state index in [0.29, 0.717) is 25.9 Å². The van der Waals surface area contributed by atoms with E-state index < -0.39 is 44.0 Å². The van der Waals surface area contributed by atoms with Gasteiger partial charge in [-0.3, -0.25) is 13.9 Å². The molecule has 29 heavy (non-hydrogen) atoms. The summed E-state index contributed by atoms with van der Waals surface area (Å²) in [4.78, 5) is 35.6. The summed E-state index contributed by atoms with van der Waals surface area (Å²) < 4.78 is 33.0. The van der Waals surface area contributed by atoms with Crippen LogP contribution in [0.1, 0.15) is 52.4 Å². The van der Waals surface area contributed by atoms with Crippen molar-refractivity contribution in [3.8, 4) is 0 Å². The standard InChI is InChI=1S/C18H33N2O8P/c1-3-25-18(23)26-14(2)28-29(24,12-7-5-4-6-10-19)13-16(21)27-17(22)15-9-8-11-20-15/h14-15,20H,3-13,19H2,1-2H3/t14?,15-,29?/m0/s1. The van der Waals surface area contributed by atoms with Gasteiger partial charge >= 0.3 is 18.1 Å². The fourth-order valence-corrected chi connectivity index (χ4v) is 4.98. The number of carbonyl (C=O) groups excluding carboxylic acids is 3. The zero-order chi connectivity index (χ0) is 21.7. The third kappa shape index (κ3) is 10.7. The summed E-state index contributed by atoms with van der Waals surface area (Å²) in [6.07, 6.45) is 1.81. The summed E-state index contributed by atoms with van der Waals surface area (Å²) in [6, 6.07) is -0.526. The first-order chi connectivity index (χ1) is 13.8. The Kier molecular flexibility index (Phi) is 12.1. The highest BCUT2D eigenvalue weighted by atomic mass is 31.2. The number of ether oxygens (including phenoxy) is 3. The molecular formula is C18H33N2O8P. The van der Waals surface area contributed by atoms with Crippen molar-refractivity contribution in [3.05, 3.63) is 0 Å². The van der Waals surface area contributed by atoms with E-state index in [1.54, 1.807) is 6.92 Å². The van der Waals surface area contributed by atoms with Gasteiger partial charge in [0.25, 0.3) is 0 Å². The average molecular weight is 436 g/mol. The van der Waals surface area contributed by atoms with Gasteiger partial charge in [-0.1, -0.05) is 12.8 Å². The lowest BCUT2D eigenvalue weighted by Gasteiger charge is -2.22. The lowest BCUT2D eigenvalue weighted by Crippen LogP contribution is -2.34. The van der Waals surface area contributed by atoms with E-state index in [1.165, 1.54) is 6.92 Å². The van der Waals surface area contributed by atoms with Crippen molar-refractivity contribution >= 4 is 25.5 Å². The number of rotatable bonds is 13. The van der Waals surface area contributed by atoms with Gasteiger partial charge < -0.3 is 25.3 Å². The largest absolute Gasteiger partial charge is 0.510 e. The van der Waals surface area contributed by atoms with Gasteiger partial charge in [-0.25, -0.2) is 9.59 Å². The van der Waals surface area contributed by atoms with Crippen molar-refractivity contribution in [1.82, 2.24) is 5.32 Å². The molecule has 1 aliphatic heterocycles. The summed E-state index contributed by atoms with van der Waals surface area (Å²) in [6.45, 7) is 4.37. The summed E-state index contributed by atoms with van der Waals surface area (Å²) in [5.41, 5.74) is 5.46. The summed E-state index contributed by atoms with van der Waals surface area (Å²) in [7, 11) is -3.55. The molecule has 0 saturated carbocycles. The molecule has 1 heterocycles. The topological polar surface area (TPSA) is 143 Å². The van der Waals surface area contributed by atoms with Crippen molar-refractivity contribution in [1.29, 1.82) is 0 Å². The number of nitrogens with two attached hydrogens (primary N) is 1. The summed E-state index contributed by atoms with van der Waals surface area (Å²) in [5, 5.41) is 2.94.